The van der Waals surface area contributed by atoms with Gasteiger partial charge in [0.2, 0.25) is 0 Å². The van der Waals surface area contributed by atoms with Gasteiger partial charge >= 0.3 is 0 Å². The van der Waals surface area contributed by atoms with Gasteiger partial charge in [0.1, 0.15) is 0 Å². The van der Waals surface area contributed by atoms with E-state index in [1.165, 1.54) is 42.8 Å². The fourth-order valence-electron chi connectivity index (χ4n) is 1.31. The number of fused-ring (bicyclic) bond motifs is 1. The molecule has 0 fully saturated rings. The quantitative estimate of drug-likeness (QED) is 0.467. The summed E-state index contributed by atoms with van der Waals surface area (Å²) in [7, 11) is 0.293. The van der Waals surface area contributed by atoms with Gasteiger partial charge in [0.05, 0.1) is 5.69 Å². The van der Waals surface area contributed by atoms with Gasteiger partial charge in [-0.1, -0.05) is 5.72 Å². The Morgan fingerprint density at radius 2 is 2.10 bits per heavy atom. The summed E-state index contributed by atoms with van der Waals surface area (Å²) < 4.78 is 0. The van der Waals surface area contributed by atoms with E-state index in [9.17, 15) is 0 Å². The van der Waals surface area contributed by atoms with Crippen molar-refractivity contribution in [2.75, 3.05) is 0 Å². The van der Waals surface area contributed by atoms with Crippen molar-refractivity contribution < 1.29 is 0 Å². The molecule has 1 N–H and O–H groups in total. The zero-order valence-electron chi connectivity index (χ0n) is 5.28. The maximum atomic E-state index is 4.51. The van der Waals surface area contributed by atoms with Gasteiger partial charge in [-0.15, -0.1) is 0 Å². The van der Waals surface area contributed by atoms with E-state index < -0.39 is 0 Å². The average molecular weight is 135 g/mol. The Hall–Kier alpha value is -0.725. The van der Waals surface area contributed by atoms with E-state index in [1.54, 1.807) is 0 Å². The van der Waals surface area contributed by atoms with E-state index in [0.717, 1.165) is 0 Å². The van der Waals surface area contributed by atoms with Crippen LogP contribution in [0.4, 0.5) is 0 Å². The zero-order chi connectivity index (χ0) is 6.97. The van der Waals surface area contributed by atoms with Gasteiger partial charge in [-0.3, -0.25) is 4.98 Å². The number of imidazole rings is 1. The smallest absolute Gasteiger partial charge is 0.0572 e. The van der Waals surface area contributed by atoms with Crippen molar-refractivity contribution in [1.29, 1.82) is 0 Å². The predicted molar refractivity (Wildman–Crippen MR) is 44.8 cm³/mol. The standard InChI is InChI=1S/C7H12BN2/c8-7-9-5-3-1-2-4-6(5)10-7/h1-4H2,8H3,(H,9,10)/q-1. The second kappa shape index (κ2) is 2.15. The monoisotopic (exact) mass is 135 g/mol. The third-order valence-electron chi connectivity index (χ3n) is 1.84. The van der Waals surface area contributed by atoms with Gasteiger partial charge in [-0.25, -0.2) is 0 Å². The molecule has 0 amide bonds. The molecule has 2 rings (SSSR count). The largest absolute Gasteiger partial charge is 0.383 e. The number of hydrogen-bond acceptors (Lipinski definition) is 1. The summed E-state index contributed by atoms with van der Waals surface area (Å²) in [6, 6.07) is 0. The Kier molecular flexibility index (Phi) is 1.29. The van der Waals surface area contributed by atoms with Crippen molar-refractivity contribution in [3.8, 4) is 0 Å². The summed E-state index contributed by atoms with van der Waals surface area (Å²) in [6.45, 7) is 0. The molecule has 0 bridgehead atoms. The second-order valence-corrected chi connectivity index (χ2v) is 2.48. The SMILES string of the molecule is [BH3-]c1nc2c([nH]1)CCCC2. The van der Waals surface area contributed by atoms with Crippen LogP contribution >= 0.6 is 0 Å². The van der Waals surface area contributed by atoms with Crippen molar-refractivity contribution in [2.24, 2.45) is 0 Å². The first kappa shape index (κ1) is 6.02. The highest BCUT2D eigenvalue weighted by Gasteiger charge is 2.10. The third-order valence-corrected chi connectivity index (χ3v) is 1.84. The summed E-state index contributed by atoms with van der Waals surface area (Å²) in [5, 5.41) is 0. The van der Waals surface area contributed by atoms with Crippen molar-refractivity contribution >= 4 is 13.6 Å². The molecule has 0 aliphatic heterocycles. The van der Waals surface area contributed by atoms with Crippen molar-refractivity contribution in [3.05, 3.63) is 11.4 Å². The number of aromatic nitrogens is 2. The van der Waals surface area contributed by atoms with E-state index in [4.69, 9.17) is 0 Å². The van der Waals surface area contributed by atoms with Crippen LogP contribution in [-0.4, -0.2) is 17.8 Å². The summed E-state index contributed by atoms with van der Waals surface area (Å²) in [5.41, 5.74) is 4.14. The van der Waals surface area contributed by atoms with Crippen LogP contribution in [0, 0.1) is 0 Å². The molecule has 0 saturated carbocycles. The Morgan fingerprint density at radius 1 is 1.30 bits per heavy atom. The van der Waals surface area contributed by atoms with Crippen LogP contribution in [-0.2, 0) is 12.8 Å². The number of aromatic amines is 1. The minimum atomic E-state index is 0.293. The summed E-state index contributed by atoms with van der Waals surface area (Å²) in [4.78, 5) is 7.90. The van der Waals surface area contributed by atoms with Gasteiger partial charge in [0.25, 0.3) is 0 Å². The lowest BCUT2D eigenvalue weighted by Crippen LogP contribution is -2.06. The molecule has 10 heavy (non-hydrogen) atoms. The summed E-state index contributed by atoms with van der Waals surface area (Å²) >= 11 is 0. The molecular weight excluding hydrogens is 123 g/mol. The predicted octanol–water partition coefficient (Wildman–Crippen LogP) is -0.721. The van der Waals surface area contributed by atoms with E-state index in [0.29, 0.717) is 7.85 Å². The number of aryl methyl sites for hydroxylation is 2. The molecule has 0 radical (unpaired) electrons. The number of rotatable bonds is 0. The van der Waals surface area contributed by atoms with E-state index >= 15 is 0 Å². The molecule has 3 heteroatoms. The summed E-state index contributed by atoms with van der Waals surface area (Å²) in [6.07, 6.45) is 5.17. The average Bonchev–Trinajstić information content (AvgIpc) is 2.27. The molecule has 1 heterocycles. The molecule has 1 aromatic rings. The first-order chi connectivity index (χ1) is 4.86. The Labute approximate surface area is 61.5 Å². The van der Waals surface area contributed by atoms with Gasteiger partial charge in [-0.05, 0) is 25.7 Å². The van der Waals surface area contributed by atoms with E-state index in [-0.39, 0.29) is 0 Å². The first-order valence-corrected chi connectivity index (χ1v) is 3.40. The molecule has 54 valence electrons. The van der Waals surface area contributed by atoms with Crippen molar-refractivity contribution in [3.63, 3.8) is 0 Å². The van der Waals surface area contributed by atoms with Gasteiger partial charge in [0.15, 0.2) is 0 Å². The highest BCUT2D eigenvalue weighted by Crippen LogP contribution is 2.15. The molecule has 0 saturated heterocycles. The number of nitrogens with one attached hydrogen (secondary N) is 1. The van der Waals surface area contributed by atoms with Crippen molar-refractivity contribution in [1.82, 2.24) is 9.97 Å². The lowest BCUT2D eigenvalue weighted by Gasteiger charge is -2.07. The van der Waals surface area contributed by atoms with Crippen LogP contribution in [0.2, 0.25) is 0 Å². The van der Waals surface area contributed by atoms with Crippen LogP contribution in [0.3, 0.4) is 0 Å². The topological polar surface area (TPSA) is 28.7 Å². The van der Waals surface area contributed by atoms with Gasteiger partial charge in [0, 0.05) is 13.5 Å². The van der Waals surface area contributed by atoms with E-state index in [1.807, 2.05) is 0 Å². The van der Waals surface area contributed by atoms with Gasteiger partial charge in [-0.2, -0.15) is 0 Å². The lowest BCUT2D eigenvalue weighted by molar-refractivity contribution is 0.667. The number of hydrogen-bond donors (Lipinski definition) is 1. The molecule has 1 aliphatic rings. The molecule has 0 atom stereocenters. The highest BCUT2D eigenvalue weighted by molar-refractivity contribution is 6.29. The molecule has 2 nitrogen and oxygen atoms in total. The minimum Gasteiger partial charge on any atom is -0.383 e. The fourth-order valence-corrected chi connectivity index (χ4v) is 1.31. The van der Waals surface area contributed by atoms with Crippen molar-refractivity contribution in [2.45, 2.75) is 25.7 Å². The van der Waals surface area contributed by atoms with Gasteiger partial charge < -0.3 is 4.98 Å². The molecule has 1 aromatic heterocycles. The number of nitrogens with zero attached hydrogens (tertiary/aromatic N) is 1. The Balaban J connectivity index is 2.41. The normalized spacial score (nSPS) is 16.9. The van der Waals surface area contributed by atoms with Crippen LogP contribution in [0.1, 0.15) is 24.2 Å². The minimum absolute atomic E-state index is 0.293. The number of H-pyrrole nitrogens is 1. The first-order valence-electron chi connectivity index (χ1n) is 3.40. The van der Waals surface area contributed by atoms with Crippen LogP contribution in [0.15, 0.2) is 0 Å². The summed E-state index contributed by atoms with van der Waals surface area (Å²) in [5.74, 6) is 0. The molecule has 0 unspecified atom stereocenters. The van der Waals surface area contributed by atoms with Crippen LogP contribution in [0.25, 0.3) is 0 Å². The zero-order valence-corrected chi connectivity index (χ0v) is 5.28. The molecule has 0 spiro atoms. The van der Waals surface area contributed by atoms with Crippen LogP contribution < -0.4 is 5.72 Å². The third kappa shape index (κ3) is 0.858. The van der Waals surface area contributed by atoms with E-state index in [2.05, 4.69) is 9.97 Å². The molecular formula is C7H12BN2-. The molecule has 1 aliphatic carbocycles. The van der Waals surface area contributed by atoms with Crippen LogP contribution in [0.5, 0.6) is 0 Å². The lowest BCUT2D eigenvalue weighted by atomic mass is 10.0. The maximum Gasteiger partial charge on any atom is 0.0572 e. The maximum absolute atomic E-state index is 4.51. The second-order valence-electron chi connectivity index (χ2n) is 2.48. The highest BCUT2D eigenvalue weighted by atomic mass is 14.9. The fraction of sp³-hybridized carbons (Fsp3) is 0.571. The molecule has 0 aromatic carbocycles. The Bertz CT molecular complexity index is 218. The Morgan fingerprint density at radius 3 is 2.90 bits per heavy atom.